The molecule has 1 aliphatic heterocycles. The Kier molecular flexibility index (Phi) is 3.02. The summed E-state index contributed by atoms with van der Waals surface area (Å²) in [5, 5.41) is 0. The van der Waals surface area contributed by atoms with Gasteiger partial charge in [0.1, 0.15) is 4.90 Å². The van der Waals surface area contributed by atoms with Crippen molar-refractivity contribution in [1.29, 1.82) is 0 Å². The summed E-state index contributed by atoms with van der Waals surface area (Å²) in [6.07, 6.45) is 0.710. The molecule has 0 unspecified atom stereocenters. The van der Waals surface area contributed by atoms with Gasteiger partial charge in [0.2, 0.25) is 0 Å². The highest BCUT2D eigenvalue weighted by molar-refractivity contribution is 7.93. The third-order valence-electron chi connectivity index (χ3n) is 3.55. The predicted octanol–water partition coefficient (Wildman–Crippen LogP) is 2.70. The van der Waals surface area contributed by atoms with Crippen molar-refractivity contribution in [2.75, 3.05) is 16.6 Å². The van der Waals surface area contributed by atoms with Crippen LogP contribution < -0.4 is 10.0 Å². The fourth-order valence-electron chi connectivity index (χ4n) is 2.67. The van der Waals surface area contributed by atoms with Gasteiger partial charge in [0.05, 0.1) is 11.4 Å². The first-order valence-electron chi connectivity index (χ1n) is 6.38. The number of hydrogen-bond acceptors (Lipinski definition) is 4. The number of hydrogen-bond donors (Lipinski definition) is 1. The molecule has 0 bridgehead atoms. The van der Waals surface area contributed by atoms with Gasteiger partial charge in [-0.3, -0.25) is 4.31 Å². The van der Waals surface area contributed by atoms with Crippen LogP contribution in [0.3, 0.4) is 0 Å². The Balaban J connectivity index is 2.14. The predicted molar refractivity (Wildman–Crippen MR) is 82.9 cm³/mol. The van der Waals surface area contributed by atoms with Crippen LogP contribution in [0.15, 0.2) is 29.2 Å². The Bertz CT molecular complexity index is 778. The van der Waals surface area contributed by atoms with Gasteiger partial charge in [-0.2, -0.15) is 0 Å². The van der Waals surface area contributed by atoms with Crippen molar-refractivity contribution >= 4 is 32.7 Å². The first-order chi connectivity index (χ1) is 9.41. The van der Waals surface area contributed by atoms with E-state index in [4.69, 9.17) is 5.73 Å². The molecular formula is C14H16N2O2S2. The molecule has 1 aliphatic rings. The van der Waals surface area contributed by atoms with Gasteiger partial charge in [-0.15, -0.1) is 11.3 Å². The highest BCUT2D eigenvalue weighted by atomic mass is 32.2. The lowest BCUT2D eigenvalue weighted by molar-refractivity contribution is 0.592. The van der Waals surface area contributed by atoms with Crippen LogP contribution in [0.25, 0.3) is 0 Å². The monoisotopic (exact) mass is 308 g/mol. The molecule has 0 atom stereocenters. The second kappa shape index (κ2) is 4.49. The van der Waals surface area contributed by atoms with Crippen molar-refractivity contribution in [2.45, 2.75) is 25.2 Å². The third kappa shape index (κ3) is 1.91. The summed E-state index contributed by atoms with van der Waals surface area (Å²) in [6, 6.07) is 7.29. The molecule has 0 amide bonds. The summed E-state index contributed by atoms with van der Waals surface area (Å²) in [7, 11) is -3.52. The number of aryl methyl sites for hydroxylation is 2. The van der Waals surface area contributed by atoms with Gasteiger partial charge in [0.15, 0.2) is 0 Å². The number of benzene rings is 1. The van der Waals surface area contributed by atoms with E-state index < -0.39 is 10.0 Å². The zero-order valence-corrected chi connectivity index (χ0v) is 13.0. The maximum absolute atomic E-state index is 12.9. The maximum Gasteiger partial charge on any atom is 0.265 e. The molecule has 0 aliphatic carbocycles. The summed E-state index contributed by atoms with van der Waals surface area (Å²) in [6.45, 7) is 4.22. The number of fused-ring (bicyclic) bond motifs is 1. The lowest BCUT2D eigenvalue weighted by Gasteiger charge is -2.20. The number of nitrogen functional groups attached to an aromatic ring is 1. The molecule has 2 heterocycles. The van der Waals surface area contributed by atoms with E-state index in [1.165, 1.54) is 15.6 Å². The Morgan fingerprint density at radius 2 is 2.05 bits per heavy atom. The van der Waals surface area contributed by atoms with Crippen molar-refractivity contribution in [1.82, 2.24) is 0 Å². The van der Waals surface area contributed by atoms with E-state index in [0.29, 0.717) is 29.2 Å². The van der Waals surface area contributed by atoms with E-state index in [1.807, 2.05) is 26.0 Å². The number of thiophene rings is 1. The van der Waals surface area contributed by atoms with Gasteiger partial charge in [0.25, 0.3) is 10.0 Å². The van der Waals surface area contributed by atoms with Gasteiger partial charge < -0.3 is 5.73 Å². The van der Waals surface area contributed by atoms with E-state index >= 15 is 0 Å². The molecular weight excluding hydrogens is 292 g/mol. The molecule has 20 heavy (non-hydrogen) atoms. The van der Waals surface area contributed by atoms with Crippen molar-refractivity contribution < 1.29 is 8.42 Å². The zero-order chi connectivity index (χ0) is 14.5. The standard InChI is InChI=1S/C14H16N2O2S2/c1-9-8-13(10(2)19-9)20(17,18)16-7-6-11-4-3-5-12(15)14(11)16/h3-5,8H,6-7,15H2,1-2H3. The SMILES string of the molecule is Cc1cc(S(=O)(=O)N2CCc3cccc(N)c32)c(C)s1. The lowest BCUT2D eigenvalue weighted by atomic mass is 10.1. The summed E-state index contributed by atoms with van der Waals surface area (Å²) in [5.74, 6) is 0. The molecule has 1 aromatic heterocycles. The minimum atomic E-state index is -3.52. The molecule has 4 nitrogen and oxygen atoms in total. The van der Waals surface area contributed by atoms with Crippen LogP contribution in [0.4, 0.5) is 11.4 Å². The average Bonchev–Trinajstić information content (AvgIpc) is 2.94. The molecule has 0 fully saturated rings. The highest BCUT2D eigenvalue weighted by Gasteiger charge is 2.33. The van der Waals surface area contributed by atoms with Crippen LogP contribution in [-0.4, -0.2) is 15.0 Å². The topological polar surface area (TPSA) is 63.4 Å². The summed E-state index contributed by atoms with van der Waals surface area (Å²) in [4.78, 5) is 2.23. The normalized spacial score (nSPS) is 14.6. The van der Waals surface area contributed by atoms with Crippen LogP contribution >= 0.6 is 11.3 Å². The number of para-hydroxylation sites is 1. The van der Waals surface area contributed by atoms with Crippen molar-refractivity contribution in [2.24, 2.45) is 0 Å². The molecule has 2 aromatic rings. The zero-order valence-electron chi connectivity index (χ0n) is 11.4. The first kappa shape index (κ1) is 13.5. The van der Waals surface area contributed by atoms with Crippen LogP contribution in [0.5, 0.6) is 0 Å². The molecule has 1 aromatic carbocycles. The Morgan fingerprint density at radius 3 is 2.70 bits per heavy atom. The van der Waals surface area contributed by atoms with Crippen LogP contribution in [-0.2, 0) is 16.4 Å². The van der Waals surface area contributed by atoms with Crippen molar-refractivity contribution in [3.8, 4) is 0 Å². The summed E-state index contributed by atoms with van der Waals surface area (Å²) < 4.78 is 27.2. The van der Waals surface area contributed by atoms with E-state index in [2.05, 4.69) is 0 Å². The fraction of sp³-hybridized carbons (Fsp3) is 0.286. The maximum atomic E-state index is 12.9. The lowest BCUT2D eigenvalue weighted by Crippen LogP contribution is -2.29. The van der Waals surface area contributed by atoms with Crippen LogP contribution in [0.1, 0.15) is 15.3 Å². The second-order valence-electron chi connectivity index (χ2n) is 4.96. The first-order valence-corrected chi connectivity index (χ1v) is 8.64. The average molecular weight is 308 g/mol. The molecule has 0 saturated heterocycles. The van der Waals surface area contributed by atoms with Gasteiger partial charge in [-0.25, -0.2) is 8.42 Å². The van der Waals surface area contributed by atoms with Gasteiger partial charge in [0, 0.05) is 16.3 Å². The van der Waals surface area contributed by atoms with Gasteiger partial charge in [-0.1, -0.05) is 12.1 Å². The summed E-state index contributed by atoms with van der Waals surface area (Å²) in [5.41, 5.74) is 8.15. The minimum Gasteiger partial charge on any atom is -0.397 e. The number of anilines is 2. The number of sulfonamides is 1. The number of rotatable bonds is 2. The Morgan fingerprint density at radius 1 is 1.30 bits per heavy atom. The molecule has 2 N–H and O–H groups in total. The van der Waals surface area contributed by atoms with Gasteiger partial charge in [-0.05, 0) is 38.0 Å². The van der Waals surface area contributed by atoms with Crippen molar-refractivity contribution in [3.05, 3.63) is 39.6 Å². The third-order valence-corrected chi connectivity index (χ3v) is 6.57. The Labute approximate surface area is 122 Å². The highest BCUT2D eigenvalue weighted by Crippen LogP contribution is 2.39. The van der Waals surface area contributed by atoms with E-state index in [9.17, 15) is 8.42 Å². The van der Waals surface area contributed by atoms with Crippen LogP contribution in [0, 0.1) is 13.8 Å². The summed E-state index contributed by atoms with van der Waals surface area (Å²) >= 11 is 1.50. The second-order valence-corrected chi connectivity index (χ2v) is 8.25. The largest absolute Gasteiger partial charge is 0.397 e. The molecule has 6 heteroatoms. The number of nitrogens with two attached hydrogens (primary N) is 1. The number of nitrogens with zero attached hydrogens (tertiary/aromatic N) is 1. The fourth-order valence-corrected chi connectivity index (χ4v) is 5.73. The molecule has 106 valence electrons. The molecule has 0 spiro atoms. The quantitative estimate of drug-likeness (QED) is 0.868. The minimum absolute atomic E-state index is 0.399. The Hall–Kier alpha value is -1.53. The van der Waals surface area contributed by atoms with E-state index in [0.717, 1.165) is 15.3 Å². The van der Waals surface area contributed by atoms with Crippen LogP contribution in [0.2, 0.25) is 0 Å². The molecule has 3 rings (SSSR count). The van der Waals surface area contributed by atoms with Gasteiger partial charge >= 0.3 is 0 Å². The van der Waals surface area contributed by atoms with Crippen molar-refractivity contribution in [3.63, 3.8) is 0 Å². The molecule has 0 saturated carbocycles. The smallest absolute Gasteiger partial charge is 0.265 e. The van der Waals surface area contributed by atoms with E-state index in [1.54, 1.807) is 12.1 Å². The molecule has 0 radical (unpaired) electrons. The van der Waals surface area contributed by atoms with E-state index in [-0.39, 0.29) is 0 Å².